The van der Waals surface area contributed by atoms with E-state index in [4.69, 9.17) is 4.43 Å². The molecule has 0 radical (unpaired) electrons. The molecule has 0 aliphatic carbocycles. The van der Waals surface area contributed by atoms with Gasteiger partial charge in [-0.3, -0.25) is 0 Å². The second kappa shape index (κ2) is 5.67. The molecule has 0 unspecified atom stereocenters. The van der Waals surface area contributed by atoms with Gasteiger partial charge in [-0.2, -0.15) is 0 Å². The molecule has 20 heavy (non-hydrogen) atoms. The summed E-state index contributed by atoms with van der Waals surface area (Å²) in [5.41, 5.74) is 4.61. The van der Waals surface area contributed by atoms with Crippen LogP contribution in [0.5, 0.6) is 5.75 Å². The van der Waals surface area contributed by atoms with Gasteiger partial charge < -0.3 is 4.43 Å². The van der Waals surface area contributed by atoms with E-state index in [0.717, 1.165) is 22.4 Å². The summed E-state index contributed by atoms with van der Waals surface area (Å²) in [6.07, 6.45) is 0. The Hall–Kier alpha value is -1.80. The molecule has 2 heteroatoms. The molecule has 0 amide bonds. The van der Waals surface area contributed by atoms with Crippen LogP contribution in [-0.4, -0.2) is 8.32 Å². The summed E-state index contributed by atoms with van der Waals surface area (Å²) >= 11 is 0. The first-order chi connectivity index (χ1) is 9.35. The van der Waals surface area contributed by atoms with Crippen molar-refractivity contribution in [2.75, 3.05) is 0 Å². The van der Waals surface area contributed by atoms with Gasteiger partial charge in [0.2, 0.25) is 8.32 Å². The van der Waals surface area contributed by atoms with Crippen LogP contribution >= 0.6 is 0 Å². The van der Waals surface area contributed by atoms with E-state index in [1.54, 1.807) is 0 Å². The minimum absolute atomic E-state index is 0.949. The average Bonchev–Trinajstić information content (AvgIpc) is 2.38. The largest absolute Gasteiger partial charge is 0.544 e. The summed E-state index contributed by atoms with van der Waals surface area (Å²) in [6.45, 7) is 12.8. The van der Waals surface area contributed by atoms with Crippen LogP contribution in [-0.2, 0) is 0 Å². The van der Waals surface area contributed by atoms with Crippen LogP contribution in [0.3, 0.4) is 0 Å². The first-order valence-corrected chi connectivity index (χ1v) is 10.3. The predicted octanol–water partition coefficient (Wildman–Crippen LogP) is 5.27. The smallest absolute Gasteiger partial charge is 0.242 e. The number of aryl methyl sites for hydroxylation is 1. The lowest BCUT2D eigenvalue weighted by molar-refractivity contribution is 0.557. The minimum Gasteiger partial charge on any atom is -0.544 e. The molecule has 0 heterocycles. The maximum Gasteiger partial charge on any atom is 0.242 e. The highest BCUT2D eigenvalue weighted by molar-refractivity contribution is 6.70. The van der Waals surface area contributed by atoms with E-state index in [-0.39, 0.29) is 0 Å². The average molecular weight is 282 g/mol. The van der Waals surface area contributed by atoms with Gasteiger partial charge in [-0.15, -0.1) is 0 Å². The number of hydrogen-bond acceptors (Lipinski definition) is 1. The summed E-state index contributed by atoms with van der Waals surface area (Å²) in [7, 11) is -1.54. The molecule has 2 aromatic carbocycles. The Balaban J connectivity index is 2.17. The van der Waals surface area contributed by atoms with Gasteiger partial charge in [0.25, 0.3) is 0 Å². The molecular weight excluding hydrogens is 260 g/mol. The van der Waals surface area contributed by atoms with E-state index < -0.39 is 8.32 Å². The Kier molecular flexibility index (Phi) is 4.14. The summed E-state index contributed by atoms with van der Waals surface area (Å²) in [6, 6.07) is 16.7. The molecule has 1 nitrogen and oxygen atoms in total. The standard InChI is InChI=1S/C18H22OSi/c1-14-6-8-16(9-7-14)15(2)17-10-12-18(13-11-17)19-20(3,4)5/h6-13H,2H2,1,3-5H3. The predicted molar refractivity (Wildman–Crippen MR) is 89.7 cm³/mol. The molecule has 0 saturated carbocycles. The molecule has 0 bridgehead atoms. The molecule has 0 aliphatic heterocycles. The van der Waals surface area contributed by atoms with E-state index in [9.17, 15) is 0 Å². The Labute approximate surface area is 123 Å². The molecule has 104 valence electrons. The molecule has 0 fully saturated rings. The monoisotopic (exact) mass is 282 g/mol. The van der Waals surface area contributed by atoms with Gasteiger partial charge in [0.05, 0.1) is 0 Å². The Morgan fingerprint density at radius 1 is 0.850 bits per heavy atom. The third kappa shape index (κ3) is 3.84. The highest BCUT2D eigenvalue weighted by Crippen LogP contribution is 2.25. The van der Waals surface area contributed by atoms with Crippen molar-refractivity contribution in [3.05, 3.63) is 71.8 Å². The van der Waals surface area contributed by atoms with Crippen LogP contribution in [0.1, 0.15) is 16.7 Å². The first kappa shape index (κ1) is 14.6. The van der Waals surface area contributed by atoms with Crippen LogP contribution < -0.4 is 4.43 Å². The second-order valence-electron chi connectivity index (χ2n) is 6.08. The topological polar surface area (TPSA) is 9.23 Å². The number of rotatable bonds is 4. The molecule has 2 aromatic rings. The normalized spacial score (nSPS) is 11.2. The van der Waals surface area contributed by atoms with Crippen LogP contribution in [0.2, 0.25) is 19.6 Å². The zero-order valence-corrected chi connectivity index (χ0v) is 13.7. The maximum absolute atomic E-state index is 5.97. The van der Waals surface area contributed by atoms with E-state index in [1.165, 1.54) is 5.56 Å². The highest BCUT2D eigenvalue weighted by Gasteiger charge is 2.16. The maximum atomic E-state index is 5.97. The summed E-state index contributed by atoms with van der Waals surface area (Å²) in [5.74, 6) is 0.949. The lowest BCUT2D eigenvalue weighted by atomic mass is 9.99. The van der Waals surface area contributed by atoms with Gasteiger partial charge in [-0.1, -0.05) is 48.5 Å². The number of hydrogen-bond donors (Lipinski definition) is 0. The third-order valence-corrected chi connectivity index (χ3v) is 3.87. The lowest BCUT2D eigenvalue weighted by Crippen LogP contribution is -2.29. The van der Waals surface area contributed by atoms with Gasteiger partial charge in [-0.25, -0.2) is 0 Å². The van der Waals surface area contributed by atoms with Gasteiger partial charge in [-0.05, 0) is 55.4 Å². The van der Waals surface area contributed by atoms with Crippen molar-refractivity contribution in [1.82, 2.24) is 0 Å². The lowest BCUT2D eigenvalue weighted by Gasteiger charge is -2.19. The SMILES string of the molecule is C=C(c1ccc(C)cc1)c1ccc(O[Si](C)(C)C)cc1. The van der Waals surface area contributed by atoms with Crippen molar-refractivity contribution in [3.8, 4) is 5.75 Å². The third-order valence-electron chi connectivity index (χ3n) is 3.03. The van der Waals surface area contributed by atoms with Crippen molar-refractivity contribution in [2.24, 2.45) is 0 Å². The van der Waals surface area contributed by atoms with Crippen LogP contribution in [0.15, 0.2) is 55.1 Å². The molecular formula is C18H22OSi. The summed E-state index contributed by atoms with van der Waals surface area (Å²) < 4.78 is 5.97. The van der Waals surface area contributed by atoms with Gasteiger partial charge in [0, 0.05) is 0 Å². The van der Waals surface area contributed by atoms with Crippen LogP contribution in [0, 0.1) is 6.92 Å². The fourth-order valence-electron chi connectivity index (χ4n) is 2.00. The second-order valence-corrected chi connectivity index (χ2v) is 10.5. The molecule has 0 N–H and O–H groups in total. The fourth-order valence-corrected chi connectivity index (χ4v) is 2.84. The Morgan fingerprint density at radius 3 is 1.75 bits per heavy atom. The van der Waals surface area contributed by atoms with Crippen molar-refractivity contribution in [1.29, 1.82) is 0 Å². The van der Waals surface area contributed by atoms with Gasteiger partial charge in [0.1, 0.15) is 5.75 Å². The molecule has 0 aliphatic rings. The number of benzene rings is 2. The van der Waals surface area contributed by atoms with E-state index in [1.807, 2.05) is 12.1 Å². The minimum atomic E-state index is -1.54. The fraction of sp³-hybridized carbons (Fsp3) is 0.222. The van der Waals surface area contributed by atoms with Crippen LogP contribution in [0.4, 0.5) is 0 Å². The zero-order chi connectivity index (χ0) is 14.8. The van der Waals surface area contributed by atoms with Crippen molar-refractivity contribution in [3.63, 3.8) is 0 Å². The summed E-state index contributed by atoms with van der Waals surface area (Å²) in [4.78, 5) is 0. The summed E-state index contributed by atoms with van der Waals surface area (Å²) in [5, 5.41) is 0. The molecule has 0 saturated heterocycles. The van der Waals surface area contributed by atoms with Gasteiger partial charge in [0.15, 0.2) is 0 Å². The molecule has 0 spiro atoms. The Morgan fingerprint density at radius 2 is 1.30 bits per heavy atom. The zero-order valence-electron chi connectivity index (χ0n) is 12.7. The van der Waals surface area contributed by atoms with E-state index >= 15 is 0 Å². The quantitative estimate of drug-likeness (QED) is 0.694. The van der Waals surface area contributed by atoms with Crippen molar-refractivity contribution in [2.45, 2.75) is 26.6 Å². The van der Waals surface area contributed by atoms with Gasteiger partial charge >= 0.3 is 0 Å². The van der Waals surface area contributed by atoms with Crippen molar-refractivity contribution >= 4 is 13.9 Å². The molecule has 2 rings (SSSR count). The van der Waals surface area contributed by atoms with E-state index in [0.29, 0.717) is 0 Å². The first-order valence-electron chi connectivity index (χ1n) is 6.90. The van der Waals surface area contributed by atoms with E-state index in [2.05, 4.69) is 69.5 Å². The van der Waals surface area contributed by atoms with Crippen molar-refractivity contribution < 1.29 is 4.43 Å². The van der Waals surface area contributed by atoms with Crippen LogP contribution in [0.25, 0.3) is 5.57 Å². The molecule has 0 atom stereocenters. The molecule has 0 aromatic heterocycles. The highest BCUT2D eigenvalue weighted by atomic mass is 28.4. The Bertz CT molecular complexity index is 589.